The van der Waals surface area contributed by atoms with Gasteiger partial charge in [-0.15, -0.1) is 0 Å². The van der Waals surface area contributed by atoms with E-state index in [2.05, 4.69) is 5.73 Å². The zero-order valence-corrected chi connectivity index (χ0v) is 3.65. The van der Waals surface area contributed by atoms with Crippen LogP contribution in [-0.2, 0) is 0 Å². The Morgan fingerprint density at radius 2 is 2.40 bits per heavy atom. The van der Waals surface area contributed by atoms with Crippen molar-refractivity contribution in [1.82, 2.24) is 0 Å². The summed E-state index contributed by atoms with van der Waals surface area (Å²) < 4.78 is 1.88. The first-order valence-electron chi connectivity index (χ1n) is 1.73. The SMILES string of the molecule is [Li][CH]=C=CC. The maximum atomic E-state index is 2.86. The monoisotopic (exact) mass is 60.1 g/mol. The van der Waals surface area contributed by atoms with Crippen molar-refractivity contribution < 1.29 is 0 Å². The molecule has 5 heavy (non-hydrogen) atoms. The second kappa shape index (κ2) is 4.12. The van der Waals surface area contributed by atoms with Crippen LogP contribution in [-0.4, -0.2) is 17.7 Å². The van der Waals surface area contributed by atoms with Crippen LogP contribution < -0.4 is 0 Å². The van der Waals surface area contributed by atoms with Gasteiger partial charge in [-0.05, 0) is 0 Å². The molecule has 0 aromatic carbocycles. The van der Waals surface area contributed by atoms with E-state index in [1.54, 1.807) is 0 Å². The minimum absolute atomic E-state index is 1.88. The molecule has 0 aromatic rings. The van der Waals surface area contributed by atoms with E-state index in [9.17, 15) is 0 Å². The zero-order chi connectivity index (χ0) is 4.12. The van der Waals surface area contributed by atoms with Crippen molar-refractivity contribution in [2.75, 3.05) is 0 Å². The molecule has 0 fully saturated rings. The van der Waals surface area contributed by atoms with Gasteiger partial charge in [-0.2, -0.15) is 0 Å². The molecule has 0 atom stereocenters. The second-order valence-electron chi connectivity index (χ2n) is 0.744. The van der Waals surface area contributed by atoms with Crippen molar-refractivity contribution in [2.24, 2.45) is 0 Å². The molecule has 0 aliphatic rings. The van der Waals surface area contributed by atoms with Gasteiger partial charge in [-0.3, -0.25) is 0 Å². The predicted octanol–water partition coefficient (Wildman–Crippen LogP) is 0.844. The first-order valence-corrected chi connectivity index (χ1v) is 1.73. The van der Waals surface area contributed by atoms with Crippen molar-refractivity contribution in [3.63, 3.8) is 0 Å². The van der Waals surface area contributed by atoms with E-state index >= 15 is 0 Å². The zero-order valence-electron chi connectivity index (χ0n) is 3.65. The van der Waals surface area contributed by atoms with Gasteiger partial charge >= 0.3 is 41.2 Å². The maximum absolute atomic E-state index is 2.86. The van der Waals surface area contributed by atoms with Gasteiger partial charge in [0, 0.05) is 0 Å². The average molecular weight is 60.0 g/mol. The van der Waals surface area contributed by atoms with E-state index in [1.165, 1.54) is 0 Å². The van der Waals surface area contributed by atoms with E-state index in [1.807, 2.05) is 35.5 Å². The molecule has 0 saturated heterocycles. The summed E-state index contributed by atoms with van der Waals surface area (Å²) >= 11 is 1.94. The molecule has 0 spiro atoms. The van der Waals surface area contributed by atoms with Crippen LogP contribution in [0.2, 0.25) is 0 Å². The Bertz CT molecular complexity index is 52.0. The van der Waals surface area contributed by atoms with Gasteiger partial charge in [-0.25, -0.2) is 0 Å². The molecule has 0 nitrogen and oxygen atoms in total. The van der Waals surface area contributed by atoms with E-state index in [0.29, 0.717) is 0 Å². The summed E-state index contributed by atoms with van der Waals surface area (Å²) in [6, 6.07) is 0. The second-order valence-corrected chi connectivity index (χ2v) is 0.744. The molecular formula is C4H5Li. The number of allylic oxidation sites excluding steroid dienone is 1. The standard InChI is InChI=1S/C4H5.Li/c1-3-4-2;/h1,4H,2H3;. The molecule has 0 N–H and O–H groups in total. The average Bonchev–Trinajstić information content (AvgIpc) is 1.41. The molecule has 0 aromatic heterocycles. The van der Waals surface area contributed by atoms with Crippen LogP contribution in [0.1, 0.15) is 6.92 Å². The fourth-order valence-corrected chi connectivity index (χ4v) is 0.167. The van der Waals surface area contributed by atoms with Gasteiger partial charge in [0.15, 0.2) is 0 Å². The summed E-state index contributed by atoms with van der Waals surface area (Å²) in [7, 11) is 0. The van der Waals surface area contributed by atoms with Gasteiger partial charge in [0.25, 0.3) is 0 Å². The van der Waals surface area contributed by atoms with Crippen LogP contribution in [0.15, 0.2) is 16.6 Å². The molecule has 0 rings (SSSR count). The van der Waals surface area contributed by atoms with Gasteiger partial charge in [0.2, 0.25) is 0 Å². The first-order chi connectivity index (χ1) is 2.41. The van der Waals surface area contributed by atoms with Gasteiger partial charge < -0.3 is 0 Å². The Labute approximate surface area is 41.8 Å². The summed E-state index contributed by atoms with van der Waals surface area (Å²) in [4.78, 5) is 0. The fourth-order valence-electron chi connectivity index (χ4n) is 0.167. The van der Waals surface area contributed by atoms with Crippen molar-refractivity contribution in [2.45, 2.75) is 6.92 Å². The topological polar surface area (TPSA) is 0 Å². The van der Waals surface area contributed by atoms with Crippen molar-refractivity contribution >= 4 is 17.7 Å². The minimum atomic E-state index is 1.88. The molecule has 0 aliphatic heterocycles. The first kappa shape index (κ1) is 5.12. The van der Waals surface area contributed by atoms with Crippen LogP contribution in [0, 0.1) is 0 Å². The third kappa shape index (κ3) is 4.12. The molecule has 0 heterocycles. The molecule has 0 amide bonds. The predicted molar refractivity (Wildman–Crippen MR) is 24.1 cm³/mol. The third-order valence-corrected chi connectivity index (χ3v) is 0.333. The molecule has 22 valence electrons. The Morgan fingerprint density at radius 1 is 1.80 bits per heavy atom. The molecule has 1 heteroatoms. The summed E-state index contributed by atoms with van der Waals surface area (Å²) in [5.74, 6) is 0. The van der Waals surface area contributed by atoms with E-state index in [-0.39, 0.29) is 0 Å². The number of rotatable bonds is 0. The van der Waals surface area contributed by atoms with Crippen LogP contribution in [0.4, 0.5) is 0 Å². The van der Waals surface area contributed by atoms with Crippen LogP contribution in [0.3, 0.4) is 0 Å². The van der Waals surface area contributed by atoms with Crippen molar-refractivity contribution in [1.29, 1.82) is 0 Å². The van der Waals surface area contributed by atoms with Crippen molar-refractivity contribution in [3.05, 3.63) is 16.6 Å². The van der Waals surface area contributed by atoms with E-state index < -0.39 is 0 Å². The summed E-state index contributed by atoms with van der Waals surface area (Å²) in [5.41, 5.74) is 2.86. The molecule has 0 saturated carbocycles. The van der Waals surface area contributed by atoms with Crippen LogP contribution in [0.5, 0.6) is 0 Å². The van der Waals surface area contributed by atoms with Crippen LogP contribution >= 0.6 is 0 Å². The van der Waals surface area contributed by atoms with Crippen LogP contribution in [0.25, 0.3) is 0 Å². The molecule has 0 unspecified atom stereocenters. The quantitative estimate of drug-likeness (QED) is 0.287. The van der Waals surface area contributed by atoms with Gasteiger partial charge in [-0.1, -0.05) is 0 Å². The van der Waals surface area contributed by atoms with Gasteiger partial charge in [0.05, 0.1) is 0 Å². The Morgan fingerprint density at radius 3 is 2.40 bits per heavy atom. The Kier molecular flexibility index (Phi) is 4.21. The normalized spacial score (nSPS) is 5.40. The third-order valence-electron chi connectivity index (χ3n) is 0.333. The summed E-state index contributed by atoms with van der Waals surface area (Å²) in [6.07, 6.45) is 1.88. The molecular weight excluding hydrogens is 55.0 g/mol. The van der Waals surface area contributed by atoms with Gasteiger partial charge in [0.1, 0.15) is 0 Å². The molecule has 0 radical (unpaired) electrons. The Balaban J connectivity index is 3.26. The number of hydrogen-bond acceptors (Lipinski definition) is 0. The van der Waals surface area contributed by atoms with E-state index in [0.717, 1.165) is 0 Å². The molecule has 0 aliphatic carbocycles. The number of hydrogen-bond donors (Lipinski definition) is 0. The van der Waals surface area contributed by atoms with E-state index in [4.69, 9.17) is 0 Å². The fraction of sp³-hybridized carbons (Fsp3) is 0.250. The molecule has 0 bridgehead atoms. The van der Waals surface area contributed by atoms with Crippen molar-refractivity contribution in [3.8, 4) is 0 Å². The summed E-state index contributed by atoms with van der Waals surface area (Å²) in [5, 5.41) is 0. The Hall–Kier alpha value is 0.117. The summed E-state index contributed by atoms with van der Waals surface area (Å²) in [6.45, 7) is 1.94.